The fourth-order valence-electron chi connectivity index (χ4n) is 4.73. The summed E-state index contributed by atoms with van der Waals surface area (Å²) in [5.74, 6) is 0.372. The van der Waals surface area contributed by atoms with Crippen molar-refractivity contribution < 1.29 is 5.11 Å². The first-order valence-corrected chi connectivity index (χ1v) is 12.0. The van der Waals surface area contributed by atoms with Crippen LogP contribution in [0.2, 0.25) is 0 Å². The SMILES string of the molecule is CC(C)n1c(=O)c2cnc(Nc3ccc4c(c3)CNCC4)nc2n1-c1ccc(C#N)c(C(C)(C)O)c1. The smallest absolute Gasteiger partial charge is 0.278 e. The zero-order valence-corrected chi connectivity index (χ0v) is 20.8. The average Bonchev–Trinajstić information content (AvgIpc) is 3.15. The summed E-state index contributed by atoms with van der Waals surface area (Å²) in [5, 5.41) is 27.3. The molecule has 0 fully saturated rings. The van der Waals surface area contributed by atoms with Crippen molar-refractivity contribution in [2.45, 2.75) is 52.3 Å². The van der Waals surface area contributed by atoms with Crippen LogP contribution in [-0.4, -0.2) is 31.0 Å². The van der Waals surface area contributed by atoms with Gasteiger partial charge in [-0.1, -0.05) is 6.07 Å². The highest BCUT2D eigenvalue weighted by Gasteiger charge is 2.24. The molecule has 0 bridgehead atoms. The molecule has 1 aliphatic heterocycles. The highest BCUT2D eigenvalue weighted by atomic mass is 16.3. The van der Waals surface area contributed by atoms with Crippen molar-refractivity contribution in [1.82, 2.24) is 24.6 Å². The van der Waals surface area contributed by atoms with Crippen LogP contribution in [0.15, 0.2) is 47.4 Å². The van der Waals surface area contributed by atoms with Crippen molar-refractivity contribution in [2.75, 3.05) is 11.9 Å². The molecule has 0 spiro atoms. The van der Waals surface area contributed by atoms with Crippen molar-refractivity contribution in [2.24, 2.45) is 0 Å². The molecule has 0 saturated carbocycles. The summed E-state index contributed by atoms with van der Waals surface area (Å²) in [4.78, 5) is 22.5. The van der Waals surface area contributed by atoms with Crippen LogP contribution in [0.1, 0.15) is 56.0 Å². The van der Waals surface area contributed by atoms with Crippen LogP contribution in [0.25, 0.3) is 16.7 Å². The van der Waals surface area contributed by atoms with Crippen molar-refractivity contribution in [3.63, 3.8) is 0 Å². The molecule has 3 N–H and O–H groups in total. The van der Waals surface area contributed by atoms with Gasteiger partial charge in [0.25, 0.3) is 5.56 Å². The van der Waals surface area contributed by atoms with Crippen molar-refractivity contribution in [1.29, 1.82) is 5.26 Å². The molecule has 0 atom stereocenters. The van der Waals surface area contributed by atoms with Gasteiger partial charge in [0, 0.05) is 30.0 Å². The minimum absolute atomic E-state index is 0.169. The second-order valence-corrected chi connectivity index (χ2v) is 9.92. The third kappa shape index (κ3) is 4.15. The summed E-state index contributed by atoms with van der Waals surface area (Å²) in [6.07, 6.45) is 2.55. The Morgan fingerprint density at radius 3 is 2.72 bits per heavy atom. The quantitative estimate of drug-likeness (QED) is 0.396. The third-order valence-electron chi connectivity index (χ3n) is 6.49. The molecule has 1 aliphatic rings. The topological polar surface area (TPSA) is 121 Å². The van der Waals surface area contributed by atoms with E-state index in [0.29, 0.717) is 33.8 Å². The van der Waals surface area contributed by atoms with Crippen molar-refractivity contribution >= 4 is 22.7 Å². The number of nitrogens with zero attached hydrogens (tertiary/aromatic N) is 5. The summed E-state index contributed by atoms with van der Waals surface area (Å²) in [6.45, 7) is 8.91. The molecule has 9 heteroatoms. The van der Waals surface area contributed by atoms with Crippen LogP contribution >= 0.6 is 0 Å². The normalized spacial score (nSPS) is 13.6. The summed E-state index contributed by atoms with van der Waals surface area (Å²) in [6, 6.07) is 13.4. The maximum absolute atomic E-state index is 13.3. The average molecular weight is 484 g/mol. The van der Waals surface area contributed by atoms with Gasteiger partial charge < -0.3 is 15.7 Å². The number of nitrogens with one attached hydrogen (secondary N) is 2. The maximum Gasteiger partial charge on any atom is 0.278 e. The fraction of sp³-hybridized carbons (Fsp3) is 0.333. The van der Waals surface area contributed by atoms with E-state index >= 15 is 0 Å². The van der Waals surface area contributed by atoms with Gasteiger partial charge in [0.2, 0.25) is 5.95 Å². The van der Waals surface area contributed by atoms with E-state index in [9.17, 15) is 15.2 Å². The standard InChI is InChI=1S/C27H29N7O2/c1-16(2)33-25(35)22-15-30-26(31-20-7-5-17-9-10-29-14-19(17)11-20)32-24(22)34(33)21-8-6-18(13-28)23(12-21)27(3,4)36/h5-8,11-12,15-16,29,36H,9-10,14H2,1-4H3,(H,30,31,32). The van der Waals surface area contributed by atoms with Crippen LogP contribution in [-0.2, 0) is 18.6 Å². The Morgan fingerprint density at radius 1 is 1.19 bits per heavy atom. The Kier molecular flexibility index (Phi) is 5.86. The Balaban J connectivity index is 1.66. The van der Waals surface area contributed by atoms with Gasteiger partial charge in [0.1, 0.15) is 5.39 Å². The number of rotatable bonds is 5. The molecule has 4 aromatic rings. The van der Waals surface area contributed by atoms with E-state index in [1.54, 1.807) is 47.6 Å². The van der Waals surface area contributed by atoms with Gasteiger partial charge in [0.05, 0.1) is 22.9 Å². The lowest BCUT2D eigenvalue weighted by atomic mass is 9.93. The molecule has 2 aromatic heterocycles. The summed E-state index contributed by atoms with van der Waals surface area (Å²) >= 11 is 0. The molecule has 184 valence electrons. The van der Waals surface area contributed by atoms with E-state index in [1.807, 2.05) is 19.9 Å². The lowest BCUT2D eigenvalue weighted by Gasteiger charge is -2.22. The minimum atomic E-state index is -1.24. The molecule has 0 saturated heterocycles. The van der Waals surface area contributed by atoms with E-state index in [-0.39, 0.29) is 11.6 Å². The zero-order chi connectivity index (χ0) is 25.6. The van der Waals surface area contributed by atoms with Crippen LogP contribution in [0, 0.1) is 11.3 Å². The van der Waals surface area contributed by atoms with E-state index in [0.717, 1.165) is 25.2 Å². The number of anilines is 2. The van der Waals surface area contributed by atoms with Gasteiger partial charge in [0.15, 0.2) is 5.65 Å². The van der Waals surface area contributed by atoms with Crippen LogP contribution in [0.4, 0.5) is 11.6 Å². The van der Waals surface area contributed by atoms with Gasteiger partial charge in [-0.05, 0) is 82.1 Å². The molecule has 2 aromatic carbocycles. The van der Waals surface area contributed by atoms with E-state index in [1.165, 1.54) is 11.1 Å². The predicted molar refractivity (Wildman–Crippen MR) is 139 cm³/mol. The number of aromatic nitrogens is 4. The first kappa shape index (κ1) is 23.7. The first-order chi connectivity index (χ1) is 17.2. The lowest BCUT2D eigenvalue weighted by Crippen LogP contribution is -2.25. The summed E-state index contributed by atoms with van der Waals surface area (Å²) in [5.41, 5.74) is 3.91. The molecule has 0 radical (unpaired) electrons. The van der Waals surface area contributed by atoms with Crippen molar-refractivity contribution in [3.8, 4) is 11.8 Å². The predicted octanol–water partition coefficient (Wildman–Crippen LogP) is 3.65. The number of fused-ring (bicyclic) bond motifs is 2. The Hall–Kier alpha value is -4.00. The molecule has 0 amide bonds. The fourth-order valence-corrected chi connectivity index (χ4v) is 4.73. The van der Waals surface area contributed by atoms with Crippen molar-refractivity contribution in [3.05, 3.63) is 75.2 Å². The lowest BCUT2D eigenvalue weighted by molar-refractivity contribution is 0.0783. The molecular formula is C27H29N7O2. The van der Waals surface area contributed by atoms with Crippen LogP contribution < -0.4 is 16.2 Å². The molecule has 5 rings (SSSR count). The monoisotopic (exact) mass is 483 g/mol. The number of aliphatic hydroxyl groups is 1. The maximum atomic E-state index is 13.3. The van der Waals surface area contributed by atoms with E-state index in [2.05, 4.69) is 33.8 Å². The van der Waals surface area contributed by atoms with E-state index in [4.69, 9.17) is 4.98 Å². The van der Waals surface area contributed by atoms with E-state index < -0.39 is 5.60 Å². The van der Waals surface area contributed by atoms with Gasteiger partial charge >= 0.3 is 0 Å². The highest BCUT2D eigenvalue weighted by molar-refractivity contribution is 5.77. The first-order valence-electron chi connectivity index (χ1n) is 12.0. The molecule has 3 heterocycles. The second kappa shape index (κ2) is 8.90. The number of hydrogen-bond acceptors (Lipinski definition) is 7. The van der Waals surface area contributed by atoms with Gasteiger partial charge in [-0.15, -0.1) is 0 Å². The molecule has 0 unspecified atom stereocenters. The summed E-state index contributed by atoms with van der Waals surface area (Å²) < 4.78 is 3.35. The Bertz CT molecular complexity index is 1570. The summed E-state index contributed by atoms with van der Waals surface area (Å²) in [7, 11) is 0. The van der Waals surface area contributed by atoms with Crippen LogP contribution in [0.3, 0.4) is 0 Å². The third-order valence-corrected chi connectivity index (χ3v) is 6.49. The zero-order valence-electron chi connectivity index (χ0n) is 20.8. The largest absolute Gasteiger partial charge is 0.386 e. The van der Waals surface area contributed by atoms with Gasteiger partial charge in [-0.25, -0.2) is 14.3 Å². The number of hydrogen-bond donors (Lipinski definition) is 3. The second-order valence-electron chi connectivity index (χ2n) is 9.92. The highest BCUT2D eigenvalue weighted by Crippen LogP contribution is 2.28. The molecule has 9 nitrogen and oxygen atoms in total. The molecule has 0 aliphatic carbocycles. The number of nitriles is 1. The van der Waals surface area contributed by atoms with Gasteiger partial charge in [-0.2, -0.15) is 10.2 Å². The van der Waals surface area contributed by atoms with Gasteiger partial charge in [-0.3, -0.25) is 4.79 Å². The number of benzene rings is 2. The Morgan fingerprint density at radius 2 is 2.00 bits per heavy atom. The van der Waals surface area contributed by atoms with Crippen LogP contribution in [0.5, 0.6) is 0 Å². The Labute approximate surface area is 209 Å². The molecule has 36 heavy (non-hydrogen) atoms. The minimum Gasteiger partial charge on any atom is -0.386 e. The molecular weight excluding hydrogens is 454 g/mol.